The predicted octanol–water partition coefficient (Wildman–Crippen LogP) is 6.04. The van der Waals surface area contributed by atoms with Crippen molar-refractivity contribution in [1.29, 1.82) is 0 Å². The number of aromatic carboxylic acids is 1. The Kier molecular flexibility index (Phi) is 4.20. The molecule has 0 unspecified atom stereocenters. The number of hydrogen-bond donors (Lipinski definition) is 1. The summed E-state index contributed by atoms with van der Waals surface area (Å²) in [6.45, 7) is 10.8. The van der Waals surface area contributed by atoms with E-state index in [0.29, 0.717) is 27.6 Å². The van der Waals surface area contributed by atoms with Crippen LogP contribution in [0.4, 0.5) is 0 Å². The van der Waals surface area contributed by atoms with Crippen molar-refractivity contribution in [2.75, 3.05) is 0 Å². The van der Waals surface area contributed by atoms with Gasteiger partial charge >= 0.3 is 5.97 Å². The van der Waals surface area contributed by atoms with Gasteiger partial charge in [-0.2, -0.15) is 0 Å². The summed E-state index contributed by atoms with van der Waals surface area (Å²) in [6, 6.07) is 15.0. The first kappa shape index (κ1) is 19.4. The van der Waals surface area contributed by atoms with Crippen molar-refractivity contribution in [2.45, 2.75) is 51.9 Å². The van der Waals surface area contributed by atoms with E-state index in [-0.39, 0.29) is 16.6 Å². The predicted molar refractivity (Wildman–Crippen MR) is 116 cm³/mol. The molecule has 3 aromatic rings. The maximum Gasteiger partial charge on any atom is 0.336 e. The van der Waals surface area contributed by atoms with E-state index in [2.05, 4.69) is 39.8 Å². The molecule has 0 heterocycles. The molecule has 29 heavy (non-hydrogen) atoms. The van der Waals surface area contributed by atoms with Crippen molar-refractivity contribution in [3.63, 3.8) is 0 Å². The van der Waals surface area contributed by atoms with Gasteiger partial charge in [-0.05, 0) is 63.8 Å². The molecule has 0 amide bonds. The van der Waals surface area contributed by atoms with E-state index < -0.39 is 5.97 Å². The molecule has 0 radical (unpaired) electrons. The molecule has 3 aromatic carbocycles. The summed E-state index contributed by atoms with van der Waals surface area (Å²) in [5.74, 6) is -0.983. The van der Waals surface area contributed by atoms with Crippen molar-refractivity contribution in [3.8, 4) is 0 Å². The van der Waals surface area contributed by atoms with Crippen molar-refractivity contribution >= 4 is 22.5 Å². The average Bonchev–Trinajstić information content (AvgIpc) is 2.84. The first-order chi connectivity index (χ1) is 13.5. The van der Waals surface area contributed by atoms with Crippen molar-refractivity contribution < 1.29 is 14.7 Å². The Morgan fingerprint density at radius 3 is 2.14 bits per heavy atom. The molecule has 3 nitrogen and oxygen atoms in total. The van der Waals surface area contributed by atoms with Gasteiger partial charge in [0.05, 0.1) is 5.56 Å². The molecule has 0 aromatic heterocycles. The number of aryl methyl sites for hydroxylation is 1. The van der Waals surface area contributed by atoms with E-state index in [4.69, 9.17) is 0 Å². The lowest BCUT2D eigenvalue weighted by Gasteiger charge is -2.22. The zero-order valence-electron chi connectivity index (χ0n) is 17.6. The van der Waals surface area contributed by atoms with Crippen molar-refractivity contribution in [1.82, 2.24) is 0 Å². The normalized spacial score (nSPS) is 16.6. The number of carbonyl (C=O) groups excluding carboxylic acids is 1. The number of benzene rings is 3. The van der Waals surface area contributed by atoms with Crippen molar-refractivity contribution in [2.24, 2.45) is 0 Å². The number of fused-ring (bicyclic) bond motifs is 2. The third kappa shape index (κ3) is 3.05. The van der Waals surface area contributed by atoms with Crippen LogP contribution in [0.3, 0.4) is 0 Å². The van der Waals surface area contributed by atoms with Gasteiger partial charge in [0.1, 0.15) is 0 Å². The molecular weight excluding hydrogens is 360 g/mol. The number of ketones is 1. The molecule has 4 rings (SSSR count). The minimum absolute atomic E-state index is 0.0342. The van der Waals surface area contributed by atoms with E-state index in [1.807, 2.05) is 12.1 Å². The van der Waals surface area contributed by atoms with E-state index in [9.17, 15) is 14.7 Å². The number of rotatable bonds is 3. The zero-order valence-corrected chi connectivity index (χ0v) is 17.6. The number of carbonyl (C=O) groups is 2. The minimum Gasteiger partial charge on any atom is -0.478 e. The highest BCUT2D eigenvalue weighted by Gasteiger charge is 2.41. The Morgan fingerprint density at radius 1 is 0.828 bits per heavy atom. The summed E-state index contributed by atoms with van der Waals surface area (Å²) in [4.78, 5) is 24.9. The van der Waals surface area contributed by atoms with Crippen LogP contribution in [-0.4, -0.2) is 16.9 Å². The molecule has 0 saturated carbocycles. The summed E-state index contributed by atoms with van der Waals surface area (Å²) in [6.07, 6.45) is 1.06. The van der Waals surface area contributed by atoms with Gasteiger partial charge in [-0.15, -0.1) is 0 Å². The van der Waals surface area contributed by atoms with E-state index in [0.717, 1.165) is 11.8 Å². The van der Waals surface area contributed by atoms with E-state index in [1.165, 1.54) is 11.1 Å². The fourth-order valence-electron chi connectivity index (χ4n) is 5.16. The van der Waals surface area contributed by atoms with Crippen LogP contribution in [0.5, 0.6) is 0 Å². The van der Waals surface area contributed by atoms with Gasteiger partial charge in [-0.1, -0.05) is 64.1 Å². The summed E-state index contributed by atoms with van der Waals surface area (Å²) >= 11 is 0. The second-order valence-corrected chi connectivity index (χ2v) is 9.53. The Balaban J connectivity index is 1.79. The van der Waals surface area contributed by atoms with Crippen LogP contribution in [-0.2, 0) is 10.8 Å². The summed E-state index contributed by atoms with van der Waals surface area (Å²) in [5.41, 5.74) is 4.97. The van der Waals surface area contributed by atoms with Gasteiger partial charge in [0, 0.05) is 11.1 Å². The fourth-order valence-corrected chi connectivity index (χ4v) is 5.16. The van der Waals surface area contributed by atoms with Gasteiger partial charge in [-0.3, -0.25) is 4.79 Å². The van der Waals surface area contributed by atoms with Crippen LogP contribution in [0.1, 0.15) is 77.1 Å². The van der Waals surface area contributed by atoms with Gasteiger partial charge in [-0.25, -0.2) is 4.79 Å². The average molecular weight is 386 g/mol. The molecule has 0 aliphatic heterocycles. The Bertz CT molecular complexity index is 1180. The van der Waals surface area contributed by atoms with Gasteiger partial charge < -0.3 is 5.11 Å². The largest absolute Gasteiger partial charge is 0.478 e. The number of hydrogen-bond acceptors (Lipinski definition) is 2. The molecule has 1 aliphatic carbocycles. The first-order valence-electron chi connectivity index (χ1n) is 9.98. The van der Waals surface area contributed by atoms with Gasteiger partial charge in [0.25, 0.3) is 0 Å². The zero-order chi connectivity index (χ0) is 21.1. The Hall–Kier alpha value is -2.94. The molecule has 1 aliphatic rings. The molecule has 0 bridgehead atoms. The lowest BCUT2D eigenvalue weighted by molar-refractivity contribution is 0.0698. The molecule has 0 saturated heterocycles. The number of carboxylic acids is 1. The van der Waals surface area contributed by atoms with Crippen molar-refractivity contribution in [3.05, 3.63) is 81.9 Å². The highest BCUT2D eigenvalue weighted by molar-refractivity contribution is 6.12. The third-order valence-corrected chi connectivity index (χ3v) is 6.33. The lowest BCUT2D eigenvalue weighted by atomic mass is 9.82. The van der Waals surface area contributed by atoms with E-state index >= 15 is 0 Å². The SMILES string of the molecule is Cc1ccc2cc(C(=O)c3ccc4c(c3)C(C)(C)CC4(C)C)ccc2c1C(=O)O. The lowest BCUT2D eigenvalue weighted by Crippen LogP contribution is -2.18. The number of carboxylic acid groups (broad SMARTS) is 1. The Labute approximate surface area is 171 Å². The second-order valence-electron chi connectivity index (χ2n) is 9.53. The van der Waals surface area contributed by atoms with Crippen LogP contribution in [0, 0.1) is 6.92 Å². The molecule has 0 fully saturated rings. The maximum atomic E-state index is 13.2. The quantitative estimate of drug-likeness (QED) is 0.559. The first-order valence-corrected chi connectivity index (χ1v) is 9.98. The van der Waals surface area contributed by atoms with Crippen LogP contribution in [0.15, 0.2) is 48.5 Å². The fraction of sp³-hybridized carbons (Fsp3) is 0.308. The Morgan fingerprint density at radius 2 is 1.45 bits per heavy atom. The maximum absolute atomic E-state index is 13.2. The second kappa shape index (κ2) is 6.28. The molecular formula is C26H26O3. The van der Waals surface area contributed by atoms with Crippen LogP contribution >= 0.6 is 0 Å². The third-order valence-electron chi connectivity index (χ3n) is 6.33. The summed E-state index contributed by atoms with van der Waals surface area (Å²) < 4.78 is 0. The summed E-state index contributed by atoms with van der Waals surface area (Å²) in [5, 5.41) is 11.0. The monoisotopic (exact) mass is 386 g/mol. The van der Waals surface area contributed by atoms with Crippen LogP contribution < -0.4 is 0 Å². The van der Waals surface area contributed by atoms with Crippen LogP contribution in [0.25, 0.3) is 10.8 Å². The standard InChI is InChI=1S/C26H26O3/c1-15-6-7-16-12-17(8-10-19(16)22(15)24(28)29)23(27)18-9-11-20-21(13-18)26(4,5)14-25(20,2)3/h6-13H,14H2,1-5H3,(H,28,29). The van der Waals surface area contributed by atoms with Gasteiger partial charge in [0.15, 0.2) is 5.78 Å². The highest BCUT2D eigenvalue weighted by Crippen LogP contribution is 2.49. The summed E-state index contributed by atoms with van der Waals surface area (Å²) in [7, 11) is 0. The molecule has 0 spiro atoms. The topological polar surface area (TPSA) is 54.4 Å². The smallest absolute Gasteiger partial charge is 0.336 e. The molecule has 1 N–H and O–H groups in total. The molecule has 148 valence electrons. The van der Waals surface area contributed by atoms with E-state index in [1.54, 1.807) is 31.2 Å². The molecule has 0 atom stereocenters. The molecule has 3 heteroatoms. The van der Waals surface area contributed by atoms with Gasteiger partial charge in [0.2, 0.25) is 0 Å². The highest BCUT2D eigenvalue weighted by atomic mass is 16.4. The van der Waals surface area contributed by atoms with Crippen LogP contribution in [0.2, 0.25) is 0 Å². The minimum atomic E-state index is -0.948.